The van der Waals surface area contributed by atoms with Crippen molar-refractivity contribution in [1.82, 2.24) is 4.72 Å². The van der Waals surface area contributed by atoms with E-state index >= 15 is 0 Å². The molecule has 0 fully saturated rings. The van der Waals surface area contributed by atoms with Crippen molar-refractivity contribution in [1.29, 1.82) is 0 Å². The van der Waals surface area contributed by atoms with Crippen molar-refractivity contribution < 1.29 is 21.6 Å². The van der Waals surface area contributed by atoms with Gasteiger partial charge in [0.25, 0.3) is 0 Å². The van der Waals surface area contributed by atoms with Crippen molar-refractivity contribution in [3.63, 3.8) is 0 Å². The molecule has 0 aliphatic heterocycles. The highest BCUT2D eigenvalue weighted by Crippen LogP contribution is 2.35. The molecule has 0 bridgehead atoms. The summed E-state index contributed by atoms with van der Waals surface area (Å²) >= 11 is 2.74. The molecule has 0 amide bonds. The average Bonchev–Trinajstić information content (AvgIpc) is 2.15. The Labute approximate surface area is 105 Å². The van der Waals surface area contributed by atoms with Gasteiger partial charge in [0, 0.05) is 11.0 Å². The summed E-state index contributed by atoms with van der Waals surface area (Å²) < 4.78 is 62.7. The Morgan fingerprint density at radius 1 is 1.35 bits per heavy atom. The first-order valence-electron chi connectivity index (χ1n) is 4.55. The van der Waals surface area contributed by atoms with Crippen LogP contribution in [0.3, 0.4) is 0 Å². The van der Waals surface area contributed by atoms with E-state index in [0.717, 1.165) is 12.1 Å². The number of benzene rings is 1. The fourth-order valence-electron chi connectivity index (χ4n) is 1.16. The lowest BCUT2D eigenvalue weighted by Crippen LogP contribution is -2.23. The first-order chi connectivity index (χ1) is 7.68. The number of sulfonamides is 1. The molecule has 0 aliphatic carbocycles. The summed E-state index contributed by atoms with van der Waals surface area (Å²) in [6, 6.07) is 2.77. The molecule has 0 aromatic heterocycles. The summed E-state index contributed by atoms with van der Waals surface area (Å²) in [5, 5.41) is 0. The highest BCUT2D eigenvalue weighted by atomic mass is 79.9. The van der Waals surface area contributed by atoms with Crippen LogP contribution < -0.4 is 4.72 Å². The van der Waals surface area contributed by atoms with E-state index in [9.17, 15) is 21.6 Å². The van der Waals surface area contributed by atoms with Crippen molar-refractivity contribution in [3.8, 4) is 0 Å². The molecule has 0 radical (unpaired) electrons. The predicted octanol–water partition coefficient (Wildman–Crippen LogP) is 2.77. The normalized spacial score (nSPS) is 12.8. The molecule has 0 atom stereocenters. The molecule has 96 valence electrons. The summed E-state index contributed by atoms with van der Waals surface area (Å²) in [4.78, 5) is -0.408. The van der Waals surface area contributed by atoms with E-state index < -0.39 is 26.7 Å². The van der Waals surface area contributed by atoms with Crippen molar-refractivity contribution in [2.24, 2.45) is 0 Å². The summed E-state index contributed by atoms with van der Waals surface area (Å²) in [6.45, 7) is 1.65. The first-order valence-corrected chi connectivity index (χ1v) is 6.82. The second-order valence-corrected chi connectivity index (χ2v) is 5.76. The van der Waals surface area contributed by atoms with E-state index in [0.29, 0.717) is 6.07 Å². The van der Waals surface area contributed by atoms with Crippen molar-refractivity contribution in [2.75, 3.05) is 6.54 Å². The maximum atomic E-state index is 12.6. The van der Waals surface area contributed by atoms with Gasteiger partial charge in [-0.15, -0.1) is 0 Å². The number of halogens is 4. The van der Waals surface area contributed by atoms with Crippen LogP contribution in [0.4, 0.5) is 13.2 Å². The number of hydrogen-bond acceptors (Lipinski definition) is 2. The molecule has 1 aromatic carbocycles. The third-order valence-corrected chi connectivity index (χ3v) is 4.12. The van der Waals surface area contributed by atoms with E-state index in [2.05, 4.69) is 20.7 Å². The third-order valence-electron chi connectivity index (χ3n) is 1.89. The van der Waals surface area contributed by atoms with Crippen LogP contribution in [0.2, 0.25) is 0 Å². The molecular formula is C9H9BrF3NO2S. The van der Waals surface area contributed by atoms with E-state index in [1.54, 1.807) is 6.92 Å². The zero-order chi connectivity index (χ0) is 13.3. The van der Waals surface area contributed by atoms with Crippen LogP contribution in [0.1, 0.15) is 12.5 Å². The fourth-order valence-corrected chi connectivity index (χ4v) is 2.70. The van der Waals surface area contributed by atoms with Crippen LogP contribution in [0.15, 0.2) is 27.6 Å². The van der Waals surface area contributed by atoms with E-state index in [1.807, 2.05) is 0 Å². The van der Waals surface area contributed by atoms with Gasteiger partial charge in [0.2, 0.25) is 10.0 Å². The smallest absolute Gasteiger partial charge is 0.211 e. The van der Waals surface area contributed by atoms with Gasteiger partial charge >= 0.3 is 6.18 Å². The van der Waals surface area contributed by atoms with Gasteiger partial charge in [0.05, 0.1) is 10.5 Å². The molecule has 0 aliphatic rings. The van der Waals surface area contributed by atoms with Crippen LogP contribution in [-0.2, 0) is 16.2 Å². The van der Waals surface area contributed by atoms with Gasteiger partial charge in [-0.25, -0.2) is 13.1 Å². The van der Waals surface area contributed by atoms with E-state index in [4.69, 9.17) is 0 Å². The minimum absolute atomic E-state index is 0.111. The van der Waals surface area contributed by atoms with Crippen LogP contribution in [-0.4, -0.2) is 15.0 Å². The number of hydrogen-bond donors (Lipinski definition) is 1. The summed E-state index contributed by atoms with van der Waals surface area (Å²) in [7, 11) is -3.88. The zero-order valence-electron chi connectivity index (χ0n) is 8.68. The Morgan fingerprint density at radius 3 is 2.41 bits per heavy atom. The van der Waals surface area contributed by atoms with E-state index in [-0.39, 0.29) is 11.0 Å². The second-order valence-electron chi connectivity index (χ2n) is 3.14. The van der Waals surface area contributed by atoms with Gasteiger partial charge < -0.3 is 0 Å². The lowest BCUT2D eigenvalue weighted by molar-refractivity contribution is -0.138. The highest BCUT2D eigenvalue weighted by molar-refractivity contribution is 9.10. The van der Waals surface area contributed by atoms with Crippen LogP contribution in [0, 0.1) is 0 Å². The molecule has 1 aromatic rings. The van der Waals surface area contributed by atoms with Gasteiger partial charge in [-0.05, 0) is 18.2 Å². The summed E-state index contributed by atoms with van der Waals surface area (Å²) in [5.41, 5.74) is -1.02. The lowest BCUT2D eigenvalue weighted by Gasteiger charge is -2.11. The molecule has 0 saturated carbocycles. The molecule has 1 N–H and O–H groups in total. The van der Waals surface area contributed by atoms with Gasteiger partial charge in [-0.1, -0.05) is 22.9 Å². The van der Waals surface area contributed by atoms with Gasteiger partial charge in [-0.2, -0.15) is 13.2 Å². The minimum Gasteiger partial charge on any atom is -0.211 e. The SMILES string of the molecule is CCNS(=O)(=O)c1ccc(Br)c(C(F)(F)F)c1. The second kappa shape index (κ2) is 4.95. The average molecular weight is 332 g/mol. The Balaban J connectivity index is 3.32. The molecule has 0 heterocycles. The third kappa shape index (κ3) is 3.43. The largest absolute Gasteiger partial charge is 0.417 e. The number of nitrogens with one attached hydrogen (secondary N) is 1. The molecular weight excluding hydrogens is 323 g/mol. The molecule has 0 spiro atoms. The Morgan fingerprint density at radius 2 is 1.94 bits per heavy atom. The summed E-state index contributed by atoms with van der Waals surface area (Å²) in [6.07, 6.45) is -4.60. The van der Waals surface area contributed by atoms with Gasteiger partial charge in [0.1, 0.15) is 0 Å². The maximum absolute atomic E-state index is 12.6. The monoisotopic (exact) mass is 331 g/mol. The topological polar surface area (TPSA) is 46.2 Å². The first kappa shape index (κ1) is 14.5. The Bertz CT molecular complexity index is 513. The van der Waals surface area contributed by atoms with Crippen molar-refractivity contribution in [3.05, 3.63) is 28.2 Å². The van der Waals surface area contributed by atoms with Crippen molar-refractivity contribution >= 4 is 26.0 Å². The van der Waals surface area contributed by atoms with Crippen LogP contribution >= 0.6 is 15.9 Å². The molecule has 17 heavy (non-hydrogen) atoms. The molecule has 0 unspecified atom stereocenters. The van der Waals surface area contributed by atoms with Crippen LogP contribution in [0.25, 0.3) is 0 Å². The Kier molecular flexibility index (Phi) is 4.21. The quantitative estimate of drug-likeness (QED) is 0.925. The standard InChI is InChI=1S/C9H9BrF3NO2S/c1-2-14-17(15,16)6-3-4-8(10)7(5-6)9(11,12)13/h3-5,14H,2H2,1H3. The molecule has 8 heteroatoms. The van der Waals surface area contributed by atoms with Gasteiger partial charge in [0.15, 0.2) is 0 Å². The van der Waals surface area contributed by atoms with E-state index in [1.165, 1.54) is 0 Å². The fraction of sp³-hybridized carbons (Fsp3) is 0.333. The molecule has 1 rings (SSSR count). The zero-order valence-corrected chi connectivity index (χ0v) is 11.1. The number of rotatable bonds is 3. The van der Waals surface area contributed by atoms with Crippen LogP contribution in [0.5, 0.6) is 0 Å². The minimum atomic E-state index is -4.60. The molecule has 0 saturated heterocycles. The molecule has 3 nitrogen and oxygen atoms in total. The highest BCUT2D eigenvalue weighted by Gasteiger charge is 2.34. The number of alkyl halides is 3. The maximum Gasteiger partial charge on any atom is 0.417 e. The lowest BCUT2D eigenvalue weighted by atomic mass is 10.2. The van der Waals surface area contributed by atoms with Gasteiger partial charge in [-0.3, -0.25) is 0 Å². The Hall–Kier alpha value is -0.600. The summed E-state index contributed by atoms with van der Waals surface area (Å²) in [5.74, 6) is 0. The predicted molar refractivity (Wildman–Crippen MR) is 60.0 cm³/mol. The van der Waals surface area contributed by atoms with Crippen molar-refractivity contribution in [2.45, 2.75) is 18.0 Å².